The lowest BCUT2D eigenvalue weighted by molar-refractivity contribution is 0.108. The van der Waals surface area contributed by atoms with Crippen LogP contribution in [0.15, 0.2) is 23.1 Å². The van der Waals surface area contributed by atoms with Gasteiger partial charge in [-0.15, -0.1) is 0 Å². The van der Waals surface area contributed by atoms with Crippen molar-refractivity contribution < 1.29 is 26.3 Å². The third kappa shape index (κ3) is 4.05. The van der Waals surface area contributed by atoms with Gasteiger partial charge in [-0.05, 0) is 37.5 Å². The number of hydrogen-bond donors (Lipinski definition) is 1. The first kappa shape index (κ1) is 19.6. The molecule has 2 aliphatic rings. The van der Waals surface area contributed by atoms with Gasteiger partial charge < -0.3 is 14.8 Å². The molecule has 2 aliphatic heterocycles. The molecule has 2 saturated heterocycles. The summed E-state index contributed by atoms with van der Waals surface area (Å²) in [4.78, 5) is 0.0472. The molecule has 7 nitrogen and oxygen atoms in total. The average Bonchev–Trinajstić information content (AvgIpc) is 3.20. The minimum Gasteiger partial charge on any atom is -0.495 e. The zero-order chi connectivity index (χ0) is 18.9. The lowest BCUT2D eigenvalue weighted by Gasteiger charge is -2.22. The van der Waals surface area contributed by atoms with Crippen LogP contribution in [0.3, 0.4) is 0 Å². The van der Waals surface area contributed by atoms with Gasteiger partial charge in [0.15, 0.2) is 19.7 Å². The zero-order valence-electron chi connectivity index (χ0n) is 15.0. The van der Waals surface area contributed by atoms with Gasteiger partial charge in [0, 0.05) is 19.2 Å². The standard InChI is InChI=1S/C17H25NO6S2/c1-12-5-6-15(23-2)16(8-12)26(21,22)17-11-25(19,20)10-14(17)18-9-13-4-3-7-24-13/h5-6,8,13-14,17-18H,3-4,7,9-11H2,1-2H3/t13-,14+,17+/m0/s1. The summed E-state index contributed by atoms with van der Waals surface area (Å²) in [6.07, 6.45) is 1.88. The minimum absolute atomic E-state index is 0.00941. The van der Waals surface area contributed by atoms with Crippen molar-refractivity contribution in [2.75, 3.05) is 31.8 Å². The summed E-state index contributed by atoms with van der Waals surface area (Å²) in [5.74, 6) is -0.328. The number of methoxy groups -OCH3 is 1. The van der Waals surface area contributed by atoms with E-state index in [2.05, 4.69) is 5.32 Å². The average molecular weight is 404 g/mol. The molecule has 2 heterocycles. The van der Waals surface area contributed by atoms with Crippen LogP contribution in [0.4, 0.5) is 0 Å². The summed E-state index contributed by atoms with van der Waals surface area (Å²) in [5.41, 5.74) is 0.772. The van der Waals surface area contributed by atoms with Crippen molar-refractivity contribution in [3.05, 3.63) is 23.8 Å². The van der Waals surface area contributed by atoms with E-state index in [9.17, 15) is 16.8 Å². The maximum absolute atomic E-state index is 13.2. The van der Waals surface area contributed by atoms with Crippen molar-refractivity contribution in [1.29, 1.82) is 0 Å². The van der Waals surface area contributed by atoms with E-state index in [0.717, 1.165) is 18.4 Å². The highest BCUT2D eigenvalue weighted by atomic mass is 32.2. The molecular weight excluding hydrogens is 378 g/mol. The summed E-state index contributed by atoms with van der Waals surface area (Å²) < 4.78 is 61.6. The Morgan fingerprint density at radius 3 is 2.73 bits per heavy atom. The Bertz CT molecular complexity index is 859. The molecule has 0 amide bonds. The van der Waals surface area contributed by atoms with Crippen LogP contribution in [0.25, 0.3) is 0 Å². The van der Waals surface area contributed by atoms with E-state index in [0.29, 0.717) is 13.2 Å². The van der Waals surface area contributed by atoms with E-state index in [1.165, 1.54) is 13.2 Å². The molecule has 1 aromatic carbocycles. The maximum atomic E-state index is 13.2. The predicted octanol–water partition coefficient (Wildman–Crippen LogP) is 0.712. The Morgan fingerprint density at radius 2 is 2.08 bits per heavy atom. The van der Waals surface area contributed by atoms with Crippen LogP contribution in [0.1, 0.15) is 18.4 Å². The van der Waals surface area contributed by atoms with E-state index in [4.69, 9.17) is 9.47 Å². The smallest absolute Gasteiger partial charge is 0.187 e. The summed E-state index contributed by atoms with van der Waals surface area (Å²) in [7, 11) is -5.91. The fourth-order valence-electron chi connectivity index (χ4n) is 3.57. The second kappa shape index (κ2) is 7.46. The molecule has 1 N–H and O–H groups in total. The molecule has 0 bridgehead atoms. The number of benzene rings is 1. The van der Waals surface area contributed by atoms with Crippen LogP contribution >= 0.6 is 0 Å². The summed E-state index contributed by atoms with van der Waals surface area (Å²) >= 11 is 0. The molecule has 26 heavy (non-hydrogen) atoms. The summed E-state index contributed by atoms with van der Waals surface area (Å²) in [6, 6.07) is 4.24. The zero-order valence-corrected chi connectivity index (χ0v) is 16.6. The second-order valence-corrected chi connectivity index (χ2v) is 11.3. The van der Waals surface area contributed by atoms with Crippen molar-refractivity contribution in [3.8, 4) is 5.75 Å². The Kier molecular flexibility index (Phi) is 5.62. The van der Waals surface area contributed by atoms with Crippen LogP contribution < -0.4 is 10.1 Å². The first-order chi connectivity index (χ1) is 12.2. The molecule has 0 unspecified atom stereocenters. The van der Waals surface area contributed by atoms with Gasteiger partial charge >= 0.3 is 0 Å². The van der Waals surface area contributed by atoms with Gasteiger partial charge in [-0.1, -0.05) is 6.07 Å². The van der Waals surface area contributed by atoms with Gasteiger partial charge in [0.1, 0.15) is 10.6 Å². The SMILES string of the molecule is COc1ccc(C)cc1S(=O)(=O)[C@@H]1CS(=O)(=O)C[C@H]1NC[C@@H]1CCCO1. The minimum atomic E-state index is -3.88. The quantitative estimate of drug-likeness (QED) is 0.747. The van der Waals surface area contributed by atoms with Crippen molar-refractivity contribution in [3.63, 3.8) is 0 Å². The van der Waals surface area contributed by atoms with Crippen molar-refractivity contribution >= 4 is 19.7 Å². The number of aryl methyl sites for hydroxylation is 1. The van der Waals surface area contributed by atoms with E-state index in [1.807, 2.05) is 0 Å². The monoisotopic (exact) mass is 403 g/mol. The van der Waals surface area contributed by atoms with Gasteiger partial charge in [-0.2, -0.15) is 0 Å². The number of sulfone groups is 2. The molecule has 0 saturated carbocycles. The van der Waals surface area contributed by atoms with Gasteiger partial charge in [0.2, 0.25) is 0 Å². The van der Waals surface area contributed by atoms with Crippen molar-refractivity contribution in [2.45, 2.75) is 42.1 Å². The molecule has 0 aliphatic carbocycles. The third-order valence-corrected chi connectivity index (χ3v) is 9.13. The molecule has 0 spiro atoms. The van der Waals surface area contributed by atoms with Crippen LogP contribution in [0, 0.1) is 6.92 Å². The molecule has 2 fully saturated rings. The van der Waals surface area contributed by atoms with Gasteiger partial charge in [-0.3, -0.25) is 0 Å². The molecule has 3 rings (SSSR count). The number of hydrogen-bond acceptors (Lipinski definition) is 7. The highest BCUT2D eigenvalue weighted by Crippen LogP contribution is 2.32. The van der Waals surface area contributed by atoms with Crippen LogP contribution in [0.2, 0.25) is 0 Å². The third-order valence-electron chi connectivity index (χ3n) is 4.96. The van der Waals surface area contributed by atoms with Gasteiger partial charge in [0.25, 0.3) is 0 Å². The highest BCUT2D eigenvalue weighted by Gasteiger charge is 2.46. The highest BCUT2D eigenvalue weighted by molar-refractivity contribution is 7.96. The Labute approximate surface area is 154 Å². The van der Waals surface area contributed by atoms with Crippen LogP contribution in [0.5, 0.6) is 5.75 Å². The molecule has 0 aromatic heterocycles. The number of nitrogens with one attached hydrogen (secondary N) is 1. The van der Waals surface area contributed by atoms with E-state index < -0.39 is 31.0 Å². The Morgan fingerprint density at radius 1 is 1.31 bits per heavy atom. The van der Waals surface area contributed by atoms with Crippen LogP contribution in [-0.4, -0.2) is 66.0 Å². The normalized spacial score (nSPS) is 28.3. The van der Waals surface area contributed by atoms with E-state index in [1.54, 1.807) is 19.1 Å². The lowest BCUT2D eigenvalue weighted by atomic mass is 10.2. The second-order valence-electron chi connectivity index (χ2n) is 6.96. The summed E-state index contributed by atoms with van der Waals surface area (Å²) in [6.45, 7) is 2.94. The fraction of sp³-hybridized carbons (Fsp3) is 0.647. The first-order valence-corrected chi connectivity index (χ1v) is 12.0. The van der Waals surface area contributed by atoms with Crippen molar-refractivity contribution in [2.24, 2.45) is 0 Å². The molecule has 0 radical (unpaired) electrons. The topological polar surface area (TPSA) is 98.8 Å². The largest absolute Gasteiger partial charge is 0.495 e. The Hall–Kier alpha value is -1.16. The first-order valence-electron chi connectivity index (χ1n) is 8.67. The lowest BCUT2D eigenvalue weighted by Crippen LogP contribution is -2.46. The molecule has 9 heteroatoms. The molecule has 3 atom stereocenters. The van der Waals surface area contributed by atoms with Gasteiger partial charge in [-0.25, -0.2) is 16.8 Å². The number of ether oxygens (including phenoxy) is 2. The number of rotatable bonds is 6. The predicted molar refractivity (Wildman–Crippen MR) is 98.1 cm³/mol. The van der Waals surface area contributed by atoms with Gasteiger partial charge in [0.05, 0.1) is 30.0 Å². The van der Waals surface area contributed by atoms with Crippen molar-refractivity contribution in [1.82, 2.24) is 5.32 Å². The molecular formula is C17H25NO6S2. The maximum Gasteiger partial charge on any atom is 0.187 e. The molecule has 146 valence electrons. The summed E-state index contributed by atoms with van der Waals surface area (Å²) in [5, 5.41) is 2.10. The van der Waals surface area contributed by atoms with E-state index in [-0.39, 0.29) is 28.3 Å². The fourth-order valence-corrected chi connectivity index (χ4v) is 8.53. The van der Waals surface area contributed by atoms with E-state index >= 15 is 0 Å². The van der Waals surface area contributed by atoms with Crippen LogP contribution in [-0.2, 0) is 24.4 Å². The molecule has 1 aromatic rings. The Balaban J connectivity index is 1.89.